The molecule has 0 aliphatic rings. The molecule has 0 aliphatic heterocycles. The lowest BCUT2D eigenvalue weighted by Gasteiger charge is -2.08. The Labute approximate surface area is 91.4 Å². The van der Waals surface area contributed by atoms with Gasteiger partial charge in [-0.05, 0) is 12.1 Å². The molecule has 2 N–H and O–H groups in total. The van der Waals surface area contributed by atoms with Gasteiger partial charge in [-0.25, -0.2) is 4.39 Å². The number of hydrogen-bond acceptors (Lipinski definition) is 3. The van der Waals surface area contributed by atoms with Gasteiger partial charge in [0.05, 0.1) is 0 Å². The van der Waals surface area contributed by atoms with Crippen LogP contribution in [-0.2, 0) is 4.79 Å². The van der Waals surface area contributed by atoms with E-state index in [4.69, 9.17) is 5.11 Å². The number of hydrogen-bond donors (Lipinski definition) is 2. The summed E-state index contributed by atoms with van der Waals surface area (Å²) in [5.41, 5.74) is 0.338. The number of carboxylic acid groups (broad SMARTS) is 1. The van der Waals surface area contributed by atoms with E-state index in [1.807, 2.05) is 0 Å². The number of benzene rings is 1. The Morgan fingerprint density at radius 1 is 1.38 bits per heavy atom. The first-order chi connectivity index (χ1) is 7.52. The zero-order valence-corrected chi connectivity index (χ0v) is 8.37. The molecule has 0 radical (unpaired) electrons. The Hall–Kier alpha value is -2.17. The van der Waals surface area contributed by atoms with Crippen LogP contribution in [0.5, 0.6) is 0 Å². The molecule has 1 aromatic rings. The smallest absolute Gasteiger partial charge is 0.322 e. The molecule has 5 heteroatoms. The highest BCUT2D eigenvalue weighted by Crippen LogP contribution is 2.18. The predicted octanol–water partition coefficient (Wildman–Crippen LogP) is 1.85. The molecule has 84 valence electrons. The predicted molar refractivity (Wildman–Crippen MR) is 57.1 cm³/mol. The van der Waals surface area contributed by atoms with Crippen LogP contribution in [0, 0.1) is 0 Å². The minimum atomic E-state index is -1.08. The molecule has 0 aliphatic carbocycles. The molecule has 0 bridgehead atoms. The highest BCUT2D eigenvalue weighted by Gasteiger charge is 2.14. The van der Waals surface area contributed by atoms with Crippen molar-refractivity contribution in [3.8, 4) is 0 Å². The number of allylic oxidation sites excluding steroid dienone is 1. The Bertz CT molecular complexity index is 443. The summed E-state index contributed by atoms with van der Waals surface area (Å²) in [7, 11) is 0. The average molecular weight is 223 g/mol. The molecular weight excluding hydrogens is 213 g/mol. The van der Waals surface area contributed by atoms with Crippen LogP contribution in [-0.4, -0.2) is 23.4 Å². The maximum atomic E-state index is 12.7. The Morgan fingerprint density at radius 2 is 2.00 bits per heavy atom. The highest BCUT2D eigenvalue weighted by atomic mass is 19.1. The number of rotatable bonds is 5. The third-order valence-electron chi connectivity index (χ3n) is 1.85. The molecule has 0 spiro atoms. The van der Waals surface area contributed by atoms with Gasteiger partial charge in [-0.2, -0.15) is 0 Å². The largest absolute Gasteiger partial charge is 0.480 e. The van der Waals surface area contributed by atoms with E-state index >= 15 is 0 Å². The highest BCUT2D eigenvalue weighted by molar-refractivity contribution is 6.10. The van der Waals surface area contributed by atoms with Crippen LogP contribution in [0.1, 0.15) is 10.4 Å². The molecule has 0 saturated heterocycles. The van der Waals surface area contributed by atoms with Gasteiger partial charge in [-0.3, -0.25) is 9.59 Å². The van der Waals surface area contributed by atoms with Crippen LogP contribution >= 0.6 is 0 Å². The van der Waals surface area contributed by atoms with Gasteiger partial charge in [0.25, 0.3) is 0 Å². The third kappa shape index (κ3) is 2.91. The average Bonchev–Trinajstić information content (AvgIpc) is 2.25. The second-order valence-corrected chi connectivity index (χ2v) is 3.03. The molecule has 1 rings (SSSR count). The second kappa shape index (κ2) is 5.06. The minimum absolute atomic E-state index is 0.0660. The summed E-state index contributed by atoms with van der Waals surface area (Å²) in [6.07, 6.45) is 0. The van der Waals surface area contributed by atoms with Crippen molar-refractivity contribution in [3.05, 3.63) is 42.2 Å². The van der Waals surface area contributed by atoms with E-state index in [0.29, 0.717) is 0 Å². The fraction of sp³-hybridized carbons (Fsp3) is 0.0909. The van der Waals surface area contributed by atoms with Crippen LogP contribution in [0.4, 0.5) is 10.1 Å². The van der Waals surface area contributed by atoms with E-state index < -0.39 is 17.6 Å². The van der Waals surface area contributed by atoms with Crippen LogP contribution < -0.4 is 5.32 Å². The van der Waals surface area contributed by atoms with Gasteiger partial charge >= 0.3 is 5.97 Å². The number of carbonyl (C=O) groups excluding carboxylic acids is 1. The first-order valence-electron chi connectivity index (χ1n) is 4.46. The number of para-hydroxylation sites is 1. The molecule has 4 nitrogen and oxygen atoms in total. The monoisotopic (exact) mass is 223 g/mol. The summed E-state index contributed by atoms with van der Waals surface area (Å²) in [5.74, 6) is -3.00. The number of nitrogens with one attached hydrogen (secondary N) is 1. The van der Waals surface area contributed by atoms with Gasteiger partial charge in [-0.1, -0.05) is 18.7 Å². The summed E-state index contributed by atoms with van der Waals surface area (Å²) in [6.45, 7) is 2.56. The summed E-state index contributed by atoms with van der Waals surface area (Å²) in [4.78, 5) is 21.7. The summed E-state index contributed by atoms with van der Waals surface area (Å²) in [5, 5.41) is 11.0. The second-order valence-electron chi connectivity index (χ2n) is 3.03. The normalized spacial score (nSPS) is 9.56. The van der Waals surface area contributed by atoms with Gasteiger partial charge in [0.2, 0.25) is 5.78 Å². The molecule has 1 aromatic carbocycles. The van der Waals surface area contributed by atoms with Crippen LogP contribution in [0.15, 0.2) is 36.7 Å². The summed E-state index contributed by atoms with van der Waals surface area (Å²) >= 11 is 0. The lowest BCUT2D eigenvalue weighted by molar-refractivity contribution is -0.134. The molecule has 0 saturated carbocycles. The molecule has 0 fully saturated rings. The van der Waals surface area contributed by atoms with Crippen molar-refractivity contribution in [2.45, 2.75) is 0 Å². The Kier molecular flexibility index (Phi) is 3.77. The number of anilines is 1. The molecule has 16 heavy (non-hydrogen) atoms. The first-order valence-corrected chi connectivity index (χ1v) is 4.46. The number of carbonyl (C=O) groups is 2. The number of carboxylic acids is 1. The van der Waals surface area contributed by atoms with Crippen LogP contribution in [0.3, 0.4) is 0 Å². The third-order valence-corrected chi connectivity index (χ3v) is 1.85. The zero-order chi connectivity index (χ0) is 12.1. The fourth-order valence-corrected chi connectivity index (χ4v) is 1.15. The summed E-state index contributed by atoms with van der Waals surface area (Å²) in [6, 6.07) is 6.07. The molecule has 0 heterocycles. The number of ketones is 1. The van der Waals surface area contributed by atoms with Crippen molar-refractivity contribution in [1.82, 2.24) is 0 Å². The van der Waals surface area contributed by atoms with Gasteiger partial charge in [0.15, 0.2) is 5.83 Å². The van der Waals surface area contributed by atoms with E-state index in [2.05, 4.69) is 11.9 Å². The topological polar surface area (TPSA) is 66.4 Å². The van der Waals surface area contributed by atoms with Gasteiger partial charge in [0, 0.05) is 11.3 Å². The molecule has 0 amide bonds. The van der Waals surface area contributed by atoms with Gasteiger partial charge in [-0.15, -0.1) is 0 Å². The van der Waals surface area contributed by atoms with Gasteiger partial charge < -0.3 is 10.4 Å². The van der Waals surface area contributed by atoms with Crippen molar-refractivity contribution < 1.29 is 19.1 Å². The lowest BCUT2D eigenvalue weighted by atomic mass is 10.1. The molecule has 0 unspecified atom stereocenters. The van der Waals surface area contributed by atoms with Crippen LogP contribution in [0.2, 0.25) is 0 Å². The SMILES string of the molecule is C=C(F)C(=O)c1ccccc1NCC(=O)O. The van der Waals surface area contributed by atoms with E-state index in [1.165, 1.54) is 12.1 Å². The standard InChI is InChI=1S/C11H10FNO3/c1-7(12)11(16)8-4-2-3-5-9(8)13-6-10(14)15/h2-5,13H,1,6H2,(H,14,15). The summed E-state index contributed by atoms with van der Waals surface area (Å²) < 4.78 is 12.7. The van der Waals surface area contributed by atoms with E-state index in [1.54, 1.807) is 12.1 Å². The molecule has 0 atom stereocenters. The molecule has 0 aromatic heterocycles. The number of aliphatic carboxylic acids is 1. The Morgan fingerprint density at radius 3 is 2.56 bits per heavy atom. The van der Waals surface area contributed by atoms with Crippen molar-refractivity contribution in [2.24, 2.45) is 0 Å². The van der Waals surface area contributed by atoms with Crippen molar-refractivity contribution in [1.29, 1.82) is 0 Å². The maximum absolute atomic E-state index is 12.7. The van der Waals surface area contributed by atoms with E-state index in [9.17, 15) is 14.0 Å². The minimum Gasteiger partial charge on any atom is -0.480 e. The Balaban J connectivity index is 2.96. The fourth-order valence-electron chi connectivity index (χ4n) is 1.15. The lowest BCUT2D eigenvalue weighted by Crippen LogP contribution is -2.14. The quantitative estimate of drug-likeness (QED) is 0.590. The van der Waals surface area contributed by atoms with E-state index in [-0.39, 0.29) is 17.8 Å². The molecular formula is C11H10FNO3. The maximum Gasteiger partial charge on any atom is 0.322 e. The van der Waals surface area contributed by atoms with Crippen molar-refractivity contribution in [2.75, 3.05) is 11.9 Å². The van der Waals surface area contributed by atoms with Crippen LogP contribution in [0.25, 0.3) is 0 Å². The number of halogens is 1. The van der Waals surface area contributed by atoms with Gasteiger partial charge in [0.1, 0.15) is 6.54 Å². The zero-order valence-electron chi connectivity index (χ0n) is 8.37. The first kappa shape index (κ1) is 11.9. The van der Waals surface area contributed by atoms with Crippen molar-refractivity contribution in [3.63, 3.8) is 0 Å². The van der Waals surface area contributed by atoms with E-state index in [0.717, 1.165) is 0 Å². The number of Topliss-reactive ketones (excluding diaryl/α,β-unsaturated/α-hetero) is 1. The van der Waals surface area contributed by atoms with Crippen molar-refractivity contribution >= 4 is 17.4 Å².